The van der Waals surface area contributed by atoms with Crippen LogP contribution in [0, 0.1) is 25.6 Å². The van der Waals surface area contributed by atoms with Crippen LogP contribution < -0.4 is 10.6 Å². The molecule has 0 saturated carbocycles. The van der Waals surface area contributed by atoms with Crippen molar-refractivity contribution in [3.8, 4) is 0 Å². The van der Waals surface area contributed by atoms with Crippen LogP contribution in [0.15, 0.2) is 40.9 Å². The highest BCUT2D eigenvalue weighted by molar-refractivity contribution is 9.10. The molecule has 2 rings (SSSR count). The van der Waals surface area contributed by atoms with Gasteiger partial charge in [-0.1, -0.05) is 53.5 Å². The van der Waals surface area contributed by atoms with Crippen molar-refractivity contribution in [1.82, 2.24) is 5.32 Å². The SMILES string of the molecule is Cc1ccc([C@@H](NC(=S)Nc2ccc(Br)cc2F)C(C)C)c(C)c1. The molecule has 0 aromatic heterocycles. The Morgan fingerprint density at radius 2 is 1.83 bits per heavy atom. The van der Waals surface area contributed by atoms with Gasteiger partial charge in [0, 0.05) is 4.47 Å². The van der Waals surface area contributed by atoms with Gasteiger partial charge in [-0.2, -0.15) is 0 Å². The van der Waals surface area contributed by atoms with Gasteiger partial charge in [0.2, 0.25) is 0 Å². The van der Waals surface area contributed by atoms with Gasteiger partial charge in [-0.05, 0) is 61.3 Å². The third kappa shape index (κ3) is 4.77. The third-order valence-corrected chi connectivity index (χ3v) is 4.61. The number of benzene rings is 2. The summed E-state index contributed by atoms with van der Waals surface area (Å²) in [6.45, 7) is 8.46. The molecular formula is C19H22BrFN2S. The maximum Gasteiger partial charge on any atom is 0.171 e. The van der Waals surface area contributed by atoms with Crippen LogP contribution in [0.2, 0.25) is 0 Å². The summed E-state index contributed by atoms with van der Waals surface area (Å²) in [5.74, 6) is -0.0120. The summed E-state index contributed by atoms with van der Waals surface area (Å²) in [6, 6.07) is 11.3. The maximum atomic E-state index is 14.0. The summed E-state index contributed by atoms with van der Waals surface area (Å²) in [6.07, 6.45) is 0. The van der Waals surface area contributed by atoms with E-state index in [2.05, 4.69) is 72.5 Å². The number of nitrogens with one attached hydrogen (secondary N) is 2. The molecule has 0 saturated heterocycles. The second-order valence-corrected chi connectivity index (χ2v) is 7.63. The van der Waals surface area contributed by atoms with E-state index in [0.717, 1.165) is 0 Å². The highest BCUT2D eigenvalue weighted by atomic mass is 79.9. The first-order valence-corrected chi connectivity index (χ1v) is 9.07. The van der Waals surface area contributed by atoms with Crippen molar-refractivity contribution in [1.29, 1.82) is 0 Å². The fourth-order valence-electron chi connectivity index (χ4n) is 2.67. The van der Waals surface area contributed by atoms with Crippen molar-refractivity contribution >= 4 is 38.9 Å². The quantitative estimate of drug-likeness (QED) is 0.616. The van der Waals surface area contributed by atoms with Crippen molar-refractivity contribution in [2.45, 2.75) is 33.7 Å². The highest BCUT2D eigenvalue weighted by Crippen LogP contribution is 2.26. The third-order valence-electron chi connectivity index (χ3n) is 3.89. The number of thiocarbonyl (C=S) groups is 1. The van der Waals surface area contributed by atoms with E-state index in [1.807, 2.05) is 0 Å². The zero-order valence-corrected chi connectivity index (χ0v) is 16.7. The van der Waals surface area contributed by atoms with Gasteiger partial charge >= 0.3 is 0 Å². The minimum absolute atomic E-state index is 0.0594. The molecule has 2 nitrogen and oxygen atoms in total. The second kappa shape index (κ2) is 8.08. The molecule has 0 bridgehead atoms. The lowest BCUT2D eigenvalue weighted by atomic mass is 9.92. The van der Waals surface area contributed by atoms with E-state index in [-0.39, 0.29) is 11.9 Å². The van der Waals surface area contributed by atoms with Crippen molar-refractivity contribution in [3.63, 3.8) is 0 Å². The zero-order valence-electron chi connectivity index (χ0n) is 14.3. The summed E-state index contributed by atoms with van der Waals surface area (Å²) in [5.41, 5.74) is 4.02. The Bertz CT molecular complexity index is 746. The Balaban J connectivity index is 2.17. The molecule has 2 aromatic carbocycles. The van der Waals surface area contributed by atoms with Crippen LogP contribution in [-0.4, -0.2) is 5.11 Å². The van der Waals surface area contributed by atoms with E-state index in [1.165, 1.54) is 22.8 Å². The number of hydrogen-bond acceptors (Lipinski definition) is 1. The van der Waals surface area contributed by atoms with Crippen LogP contribution in [0.5, 0.6) is 0 Å². The molecule has 2 aromatic rings. The molecule has 0 heterocycles. The molecule has 1 atom stereocenters. The van der Waals surface area contributed by atoms with Gasteiger partial charge in [0.1, 0.15) is 5.82 Å². The van der Waals surface area contributed by atoms with E-state index >= 15 is 0 Å². The van der Waals surface area contributed by atoms with Crippen LogP contribution in [0.3, 0.4) is 0 Å². The predicted molar refractivity (Wildman–Crippen MR) is 107 cm³/mol. The molecule has 128 valence electrons. The monoisotopic (exact) mass is 408 g/mol. The van der Waals surface area contributed by atoms with Gasteiger partial charge in [0.25, 0.3) is 0 Å². The van der Waals surface area contributed by atoms with E-state index in [0.29, 0.717) is 21.2 Å². The number of rotatable bonds is 4. The summed E-state index contributed by atoms with van der Waals surface area (Å²) < 4.78 is 14.7. The molecule has 0 aliphatic heterocycles. The molecule has 24 heavy (non-hydrogen) atoms. The second-order valence-electron chi connectivity index (χ2n) is 6.30. The average molecular weight is 409 g/mol. The van der Waals surface area contributed by atoms with Crippen LogP contribution in [0.25, 0.3) is 0 Å². The molecule has 0 fully saturated rings. The standard InChI is InChI=1S/C19H22BrFN2S/c1-11(2)18(15-7-5-12(3)9-13(15)4)23-19(24)22-17-8-6-14(20)10-16(17)21/h5-11,18H,1-4H3,(H2,22,23,24)/t18-/m0/s1. The van der Waals surface area contributed by atoms with Gasteiger partial charge in [-0.25, -0.2) is 4.39 Å². The fourth-order valence-corrected chi connectivity index (χ4v) is 3.24. The molecular weight excluding hydrogens is 387 g/mol. The molecule has 0 unspecified atom stereocenters. The average Bonchev–Trinajstić information content (AvgIpc) is 2.48. The van der Waals surface area contributed by atoms with Crippen molar-refractivity contribution < 1.29 is 4.39 Å². The van der Waals surface area contributed by atoms with Gasteiger partial charge in [0.15, 0.2) is 5.11 Å². The minimum atomic E-state index is -0.346. The number of hydrogen-bond donors (Lipinski definition) is 2. The molecule has 5 heteroatoms. The number of aryl methyl sites for hydroxylation is 2. The van der Waals surface area contributed by atoms with E-state index < -0.39 is 0 Å². The van der Waals surface area contributed by atoms with Crippen molar-refractivity contribution in [2.75, 3.05) is 5.32 Å². The predicted octanol–water partition coefficient (Wildman–Crippen LogP) is 5.89. The number of anilines is 1. The largest absolute Gasteiger partial charge is 0.355 e. The molecule has 2 N–H and O–H groups in total. The van der Waals surface area contributed by atoms with E-state index in [4.69, 9.17) is 12.2 Å². The first-order valence-electron chi connectivity index (χ1n) is 7.87. The first kappa shape index (κ1) is 18.9. The van der Waals surface area contributed by atoms with Crippen LogP contribution >= 0.6 is 28.1 Å². The Kier molecular flexibility index (Phi) is 6.35. The summed E-state index contributed by atoms with van der Waals surface area (Å²) >= 11 is 8.64. The Hall–Kier alpha value is -1.46. The van der Waals surface area contributed by atoms with Crippen LogP contribution in [-0.2, 0) is 0 Å². The zero-order chi connectivity index (χ0) is 17.9. The summed E-state index contributed by atoms with van der Waals surface area (Å²) in [4.78, 5) is 0. The van der Waals surface area contributed by atoms with Crippen molar-refractivity contribution in [3.05, 3.63) is 63.4 Å². The van der Waals surface area contributed by atoms with Gasteiger partial charge in [-0.15, -0.1) is 0 Å². The molecule has 0 radical (unpaired) electrons. The lowest BCUT2D eigenvalue weighted by molar-refractivity contribution is 0.471. The molecule has 0 amide bonds. The Morgan fingerprint density at radius 3 is 2.42 bits per heavy atom. The van der Waals surface area contributed by atoms with E-state index in [9.17, 15) is 4.39 Å². The smallest absolute Gasteiger partial charge is 0.171 e. The molecule has 0 aliphatic rings. The van der Waals surface area contributed by atoms with E-state index in [1.54, 1.807) is 12.1 Å². The Morgan fingerprint density at radius 1 is 1.12 bits per heavy atom. The lowest BCUT2D eigenvalue weighted by Crippen LogP contribution is -2.35. The molecule has 0 spiro atoms. The van der Waals surface area contributed by atoms with Gasteiger partial charge in [-0.3, -0.25) is 0 Å². The van der Waals surface area contributed by atoms with Crippen molar-refractivity contribution in [2.24, 2.45) is 5.92 Å². The van der Waals surface area contributed by atoms with Crippen LogP contribution in [0.4, 0.5) is 10.1 Å². The highest BCUT2D eigenvalue weighted by Gasteiger charge is 2.19. The summed E-state index contributed by atoms with van der Waals surface area (Å²) in [5, 5.41) is 6.69. The molecule has 0 aliphatic carbocycles. The first-order chi connectivity index (χ1) is 11.3. The Labute approximate surface area is 157 Å². The lowest BCUT2D eigenvalue weighted by Gasteiger charge is -2.26. The minimum Gasteiger partial charge on any atom is -0.355 e. The normalized spacial score (nSPS) is 12.1. The topological polar surface area (TPSA) is 24.1 Å². The number of halogens is 2. The fraction of sp³-hybridized carbons (Fsp3) is 0.316. The maximum absolute atomic E-state index is 14.0. The summed E-state index contributed by atoms with van der Waals surface area (Å²) in [7, 11) is 0. The van der Waals surface area contributed by atoms with Gasteiger partial charge in [0.05, 0.1) is 11.7 Å². The van der Waals surface area contributed by atoms with Crippen LogP contribution in [0.1, 0.15) is 36.6 Å². The van der Waals surface area contributed by atoms with Gasteiger partial charge < -0.3 is 10.6 Å².